The first-order valence-electron chi connectivity index (χ1n) is 25.6. The summed E-state index contributed by atoms with van der Waals surface area (Å²) >= 11 is 0. The maximum Gasteiger partial charge on any atom is 1.00 e. The van der Waals surface area contributed by atoms with Crippen molar-refractivity contribution in [1.29, 1.82) is 0 Å². The number of ether oxygens (including phenoxy) is 12. The van der Waals surface area contributed by atoms with Crippen LogP contribution in [0.3, 0.4) is 0 Å². The van der Waals surface area contributed by atoms with E-state index in [0.29, 0.717) is 159 Å². The van der Waals surface area contributed by atoms with Crippen molar-refractivity contribution in [3.63, 3.8) is 0 Å². The Labute approximate surface area is 507 Å². The van der Waals surface area contributed by atoms with Crippen molar-refractivity contribution in [3.8, 4) is 0 Å². The van der Waals surface area contributed by atoms with E-state index in [9.17, 15) is 54.7 Å². The van der Waals surface area contributed by atoms with E-state index >= 15 is 0 Å². The molecule has 458 valence electrons. The Kier molecular flexibility index (Phi) is 46.5. The maximum atomic E-state index is 11.6. The van der Waals surface area contributed by atoms with Crippen molar-refractivity contribution in [2.45, 2.75) is 0 Å². The summed E-state index contributed by atoms with van der Waals surface area (Å²) in [5, 5.41) is 0. The zero-order valence-corrected chi connectivity index (χ0v) is 47.0. The van der Waals surface area contributed by atoms with Gasteiger partial charge >= 0.3 is 114 Å². The summed E-state index contributed by atoms with van der Waals surface area (Å²) in [4.78, 5) is 68.2. The summed E-state index contributed by atoms with van der Waals surface area (Å²) in [6.07, 6.45) is 0. The van der Waals surface area contributed by atoms with Crippen LogP contribution in [0.15, 0.2) is 0 Å². The Morgan fingerprint density at radius 1 is 0.207 bits per heavy atom. The van der Waals surface area contributed by atoms with Crippen molar-refractivity contribution in [1.82, 2.24) is 19.6 Å². The van der Waals surface area contributed by atoms with Crippen LogP contribution in [-0.2, 0) is 114 Å². The average Bonchev–Trinajstić information content (AvgIpc) is 3.90. The molecule has 9 aliphatic heterocycles. The molecule has 0 amide bonds. The quantitative estimate of drug-likeness (QED) is 0.124. The predicted octanol–water partition coefficient (Wildman–Crippen LogP) is -11.2. The fourth-order valence-electron chi connectivity index (χ4n) is 6.71. The van der Waals surface area contributed by atoms with Crippen molar-refractivity contribution < 1.29 is 196 Å². The Morgan fingerprint density at radius 2 is 0.305 bits per heavy atom. The minimum absolute atomic E-state index is 0. The van der Waals surface area contributed by atoms with Gasteiger partial charge in [0, 0.05) is 78.5 Å². The molecule has 0 spiro atoms. The van der Waals surface area contributed by atoms with Crippen molar-refractivity contribution in [2.24, 2.45) is 0 Å². The van der Waals surface area contributed by atoms with Crippen LogP contribution < -0.4 is 56.6 Å². The largest absolute Gasteiger partial charge is 1.00 e. The normalized spacial score (nSPS) is 27.0. The van der Waals surface area contributed by atoms with Gasteiger partial charge in [-0.05, 0) is 0 Å². The molecule has 0 saturated carbocycles. The molecule has 9 rings (SSSR count). The molecule has 0 aliphatic carbocycles. The summed E-state index contributed by atoms with van der Waals surface area (Å²) in [5.41, 5.74) is 0. The smallest absolute Gasteiger partial charge is 0.593 e. The van der Waals surface area contributed by atoms with Gasteiger partial charge in [0.25, 0.3) is 0 Å². The van der Waals surface area contributed by atoms with Crippen LogP contribution in [-0.4, -0.2) is 314 Å². The van der Waals surface area contributed by atoms with Gasteiger partial charge in [-0.1, -0.05) is 0 Å². The van der Waals surface area contributed by atoms with Gasteiger partial charge in [0.2, 0.25) is 0 Å². The van der Waals surface area contributed by atoms with E-state index in [1.807, 2.05) is 0 Å². The molecule has 9 saturated heterocycles. The van der Waals surface area contributed by atoms with Crippen molar-refractivity contribution >= 4 is 57.1 Å². The van der Waals surface area contributed by atoms with Crippen LogP contribution in [0.25, 0.3) is 0 Å². The minimum Gasteiger partial charge on any atom is -0.593 e. The molecule has 9 aliphatic rings. The number of nitrogens with zero attached hydrogens (tertiary/aromatic N) is 4. The number of hydrogen-bond donors (Lipinski definition) is 0. The fraction of sp³-hybridized carbons (Fsp3) is 0.857. The van der Waals surface area contributed by atoms with Crippen LogP contribution >= 0.6 is 0 Å². The molecule has 28 nitrogen and oxygen atoms in total. The third-order valence-electron chi connectivity index (χ3n) is 10.8. The molecular weight excluding hydrogens is 1110 g/mol. The second kappa shape index (κ2) is 47.8. The molecule has 0 N–H and O–H groups in total. The summed E-state index contributed by atoms with van der Waals surface area (Å²) < 4.78 is 157. The van der Waals surface area contributed by atoms with Gasteiger partial charge in [0.05, 0.1) is 159 Å². The first-order valence-corrected chi connectivity index (χ1v) is 25.6. The maximum absolute atomic E-state index is 11.6. The topological polar surface area (TPSA) is 282 Å². The third-order valence-corrected chi connectivity index (χ3v) is 10.8. The van der Waals surface area contributed by atoms with E-state index in [2.05, 4.69) is 47.5 Å². The molecule has 40 heteroatoms. The Balaban J connectivity index is 0.00000108. The van der Waals surface area contributed by atoms with Crippen LogP contribution in [0.5, 0.6) is 0 Å². The minimum atomic E-state index is -4.65. The molecule has 9 heterocycles. The third kappa shape index (κ3) is 41.0. The number of hydrogen-bond acceptors (Lipinski definition) is 28. The van der Waals surface area contributed by atoms with E-state index in [1.54, 1.807) is 0 Å². The van der Waals surface area contributed by atoms with Crippen molar-refractivity contribution in [3.05, 3.63) is 0 Å². The predicted molar refractivity (Wildman–Crippen MR) is 256 cm³/mol. The van der Waals surface area contributed by atoms with Crippen LogP contribution in [0, 0.1) is 0 Å². The summed E-state index contributed by atoms with van der Waals surface area (Å²) in [6.45, 7) is 26.4. The molecule has 9 fully saturated rings. The second-order valence-corrected chi connectivity index (χ2v) is 16.8. The van der Waals surface area contributed by atoms with Gasteiger partial charge in [0.15, 0.2) is 0 Å². The zero-order chi connectivity index (χ0) is 57.5. The summed E-state index contributed by atoms with van der Waals surface area (Å²) in [7, 11) is -13.9. The fourth-order valence-corrected chi connectivity index (χ4v) is 6.71. The first-order chi connectivity index (χ1) is 37.9. The standard InChI is InChI=1S/2C18H36N2O6.3C2BF2O4.3Li/c2*1-7-21-13-14-24-10-4-20-5-11-25-17-15-22-8-2-19(1)3-9-23-16-18-26-12-6-20;3*4-3(5)8-1(6)2(7)9-3;;;/h2*1-18H2;;;;;;/q;;3*-1;3*+1. The SMILES string of the molecule is C1COCCN2CCOCCOCCN(CCO1)CCOCCOCC2.C1COCCN2CCOCCOCCN(CCO1)CCOCCOCC2.O=C1O[B-](F)(F)OC1=O.O=C1O[B-](F)(F)OC1=O.O=C1O[B-](F)(F)OC1=O.[Li+].[Li+].[Li+]. The summed E-state index contributed by atoms with van der Waals surface area (Å²) in [5.74, 6) is -9.83. The Morgan fingerprint density at radius 3 is 0.378 bits per heavy atom. The number of carbonyl (C=O) groups is 6. The van der Waals surface area contributed by atoms with Gasteiger partial charge in [-0.25, -0.2) is 28.8 Å². The van der Waals surface area contributed by atoms with Gasteiger partial charge in [-0.15, -0.1) is 0 Å². The van der Waals surface area contributed by atoms with E-state index in [4.69, 9.17) is 56.8 Å². The van der Waals surface area contributed by atoms with E-state index in [-0.39, 0.29) is 56.6 Å². The molecule has 82 heavy (non-hydrogen) atoms. The van der Waals surface area contributed by atoms with Crippen molar-refractivity contribution in [2.75, 3.05) is 237 Å². The number of fused-ring (bicyclic) bond motifs is 42. The molecule has 0 aromatic carbocycles. The van der Waals surface area contributed by atoms with Crippen LogP contribution in [0.1, 0.15) is 0 Å². The van der Waals surface area contributed by atoms with E-state index in [1.165, 1.54) is 0 Å². The van der Waals surface area contributed by atoms with Crippen LogP contribution in [0.2, 0.25) is 0 Å². The monoisotopic (exact) mass is 1180 g/mol. The number of halogens is 6. The van der Waals surface area contributed by atoms with E-state index in [0.717, 1.165) is 78.5 Å². The van der Waals surface area contributed by atoms with E-state index < -0.39 is 57.1 Å². The number of carbonyl (C=O) groups excluding carboxylic acids is 6. The van der Waals surface area contributed by atoms with Gasteiger partial charge in [-0.2, -0.15) is 0 Å². The zero-order valence-electron chi connectivity index (χ0n) is 47.0. The first kappa shape index (κ1) is 79.7. The molecule has 0 unspecified atom stereocenters. The second-order valence-electron chi connectivity index (χ2n) is 16.8. The van der Waals surface area contributed by atoms with Gasteiger partial charge in [-0.3, -0.25) is 19.6 Å². The molecule has 0 aromatic heterocycles. The Bertz CT molecular complexity index is 1410. The van der Waals surface area contributed by atoms with Gasteiger partial charge < -0.3 is 111 Å². The molecule has 0 aromatic rings. The molecular formula is C42H72B3F6Li3N4O24. The van der Waals surface area contributed by atoms with Crippen LogP contribution in [0.4, 0.5) is 25.9 Å². The Hall–Kier alpha value is -2.25. The average molecular weight is 1180 g/mol. The number of rotatable bonds is 0. The molecule has 0 radical (unpaired) electrons. The molecule has 0 atom stereocenters. The van der Waals surface area contributed by atoms with Gasteiger partial charge in [0.1, 0.15) is 0 Å². The summed E-state index contributed by atoms with van der Waals surface area (Å²) in [6, 6.07) is 0. The molecule has 4 bridgehead atoms.